The highest BCUT2D eigenvalue weighted by atomic mass is 79.9. The Hall–Kier alpha value is -1.48. The van der Waals surface area contributed by atoms with E-state index in [1.807, 2.05) is 12.1 Å². The van der Waals surface area contributed by atoms with Gasteiger partial charge in [-0.15, -0.1) is 0 Å². The van der Waals surface area contributed by atoms with Crippen LogP contribution in [0.5, 0.6) is 5.75 Å². The summed E-state index contributed by atoms with van der Waals surface area (Å²) in [4.78, 5) is 0. The first-order chi connectivity index (χ1) is 10.1. The van der Waals surface area contributed by atoms with Gasteiger partial charge in [0.15, 0.2) is 0 Å². The summed E-state index contributed by atoms with van der Waals surface area (Å²) in [5.74, 6) is 0.928. The minimum absolute atomic E-state index is 0.221. The molecule has 0 aliphatic rings. The standard InChI is InChI=1S/C18H22BrNO/c1-5-16(14-8-6-7-9-17(14)21-4)20-18-13(3)10-12(2)11-15(18)19/h6-11,16,20H,5H2,1-4H3. The van der Waals surface area contributed by atoms with E-state index in [-0.39, 0.29) is 6.04 Å². The van der Waals surface area contributed by atoms with Gasteiger partial charge in [-0.1, -0.05) is 31.2 Å². The van der Waals surface area contributed by atoms with E-state index >= 15 is 0 Å². The Bertz CT molecular complexity index is 601. The van der Waals surface area contributed by atoms with Gasteiger partial charge in [-0.2, -0.15) is 0 Å². The lowest BCUT2D eigenvalue weighted by Gasteiger charge is -2.23. The zero-order valence-corrected chi connectivity index (χ0v) is 14.6. The van der Waals surface area contributed by atoms with Crippen molar-refractivity contribution in [2.24, 2.45) is 0 Å². The first-order valence-corrected chi connectivity index (χ1v) is 8.02. The molecule has 3 heteroatoms. The van der Waals surface area contributed by atoms with Gasteiger partial charge in [0.25, 0.3) is 0 Å². The number of ether oxygens (including phenoxy) is 1. The predicted molar refractivity (Wildman–Crippen MR) is 93.3 cm³/mol. The number of hydrogen-bond acceptors (Lipinski definition) is 2. The number of anilines is 1. The van der Waals surface area contributed by atoms with Gasteiger partial charge in [-0.25, -0.2) is 0 Å². The third-order valence-corrected chi connectivity index (χ3v) is 4.30. The Morgan fingerprint density at radius 2 is 1.90 bits per heavy atom. The van der Waals surface area contributed by atoms with Crippen LogP contribution >= 0.6 is 15.9 Å². The fourth-order valence-electron chi connectivity index (χ4n) is 2.63. The van der Waals surface area contributed by atoms with Gasteiger partial charge in [0, 0.05) is 10.0 Å². The van der Waals surface area contributed by atoms with Gasteiger partial charge in [0.05, 0.1) is 18.8 Å². The fourth-order valence-corrected chi connectivity index (χ4v) is 3.42. The molecular formula is C18H22BrNO. The van der Waals surface area contributed by atoms with Crippen molar-refractivity contribution in [3.63, 3.8) is 0 Å². The van der Waals surface area contributed by atoms with Crippen molar-refractivity contribution in [2.75, 3.05) is 12.4 Å². The average Bonchev–Trinajstić information content (AvgIpc) is 2.46. The Morgan fingerprint density at radius 3 is 2.52 bits per heavy atom. The SMILES string of the molecule is CCC(Nc1c(C)cc(C)cc1Br)c1ccccc1OC. The summed E-state index contributed by atoms with van der Waals surface area (Å²) in [5.41, 5.74) is 4.85. The van der Waals surface area contributed by atoms with Gasteiger partial charge in [-0.3, -0.25) is 0 Å². The number of methoxy groups -OCH3 is 1. The van der Waals surface area contributed by atoms with Crippen molar-refractivity contribution in [3.8, 4) is 5.75 Å². The zero-order valence-electron chi connectivity index (χ0n) is 13.0. The Labute approximate surface area is 135 Å². The van der Waals surface area contributed by atoms with Crippen LogP contribution in [0.1, 0.15) is 36.1 Å². The van der Waals surface area contributed by atoms with Gasteiger partial charge in [0.1, 0.15) is 5.75 Å². The van der Waals surface area contributed by atoms with Crippen LogP contribution in [0.3, 0.4) is 0 Å². The first kappa shape index (κ1) is 15.9. The van der Waals surface area contributed by atoms with Crippen LogP contribution in [0.2, 0.25) is 0 Å². The van der Waals surface area contributed by atoms with E-state index < -0.39 is 0 Å². The quantitative estimate of drug-likeness (QED) is 0.755. The third kappa shape index (κ3) is 3.59. The van der Waals surface area contributed by atoms with E-state index in [0.29, 0.717) is 0 Å². The number of benzene rings is 2. The molecule has 0 fully saturated rings. The largest absolute Gasteiger partial charge is 0.496 e. The summed E-state index contributed by atoms with van der Waals surface area (Å²) in [6.07, 6.45) is 0.986. The number of nitrogens with one attached hydrogen (secondary N) is 1. The molecule has 2 nitrogen and oxygen atoms in total. The normalized spacial score (nSPS) is 12.0. The fraction of sp³-hybridized carbons (Fsp3) is 0.333. The second kappa shape index (κ2) is 6.99. The highest BCUT2D eigenvalue weighted by Crippen LogP contribution is 2.34. The van der Waals surface area contributed by atoms with E-state index in [0.717, 1.165) is 22.3 Å². The molecule has 0 radical (unpaired) electrons. The van der Waals surface area contributed by atoms with Crippen molar-refractivity contribution in [1.29, 1.82) is 0 Å². The molecule has 112 valence electrons. The monoisotopic (exact) mass is 347 g/mol. The van der Waals surface area contributed by atoms with E-state index in [4.69, 9.17) is 4.74 Å². The maximum atomic E-state index is 5.49. The molecule has 0 saturated carbocycles. The van der Waals surface area contributed by atoms with Crippen molar-refractivity contribution in [3.05, 3.63) is 57.6 Å². The lowest BCUT2D eigenvalue weighted by molar-refractivity contribution is 0.406. The number of hydrogen-bond donors (Lipinski definition) is 1. The molecule has 2 aromatic rings. The summed E-state index contributed by atoms with van der Waals surface area (Å²) in [6.45, 7) is 6.43. The summed E-state index contributed by atoms with van der Waals surface area (Å²) in [6, 6.07) is 12.8. The van der Waals surface area contributed by atoms with Crippen LogP contribution in [0.15, 0.2) is 40.9 Å². The number of para-hydroxylation sites is 1. The molecule has 0 bridgehead atoms. The van der Waals surface area contributed by atoms with Gasteiger partial charge >= 0.3 is 0 Å². The maximum absolute atomic E-state index is 5.49. The highest BCUT2D eigenvalue weighted by Gasteiger charge is 2.16. The minimum Gasteiger partial charge on any atom is -0.496 e. The van der Waals surface area contributed by atoms with Crippen molar-refractivity contribution in [2.45, 2.75) is 33.2 Å². The second-order valence-corrected chi connectivity index (χ2v) is 6.14. The van der Waals surface area contributed by atoms with E-state index in [2.05, 4.69) is 66.3 Å². The molecule has 21 heavy (non-hydrogen) atoms. The molecule has 0 aliphatic carbocycles. The number of rotatable bonds is 5. The minimum atomic E-state index is 0.221. The lowest BCUT2D eigenvalue weighted by atomic mass is 10.0. The van der Waals surface area contributed by atoms with Crippen LogP contribution in [0.4, 0.5) is 5.69 Å². The lowest BCUT2D eigenvalue weighted by Crippen LogP contribution is -2.12. The Kier molecular flexibility index (Phi) is 5.29. The summed E-state index contributed by atoms with van der Waals surface area (Å²) < 4.78 is 6.60. The molecule has 1 unspecified atom stereocenters. The zero-order chi connectivity index (χ0) is 15.4. The highest BCUT2D eigenvalue weighted by molar-refractivity contribution is 9.10. The summed E-state index contributed by atoms with van der Waals surface area (Å²) in [7, 11) is 1.72. The van der Waals surface area contributed by atoms with Gasteiger partial charge < -0.3 is 10.1 Å². The van der Waals surface area contributed by atoms with Gasteiger partial charge in [0.2, 0.25) is 0 Å². The topological polar surface area (TPSA) is 21.3 Å². The molecule has 0 heterocycles. The van der Waals surface area contributed by atoms with Crippen LogP contribution in [0, 0.1) is 13.8 Å². The molecule has 0 aliphatic heterocycles. The molecule has 2 aromatic carbocycles. The van der Waals surface area contributed by atoms with Gasteiger partial charge in [-0.05, 0) is 59.5 Å². The molecule has 1 atom stereocenters. The van der Waals surface area contributed by atoms with E-state index in [1.54, 1.807) is 7.11 Å². The predicted octanol–water partition coefficient (Wildman–Crippen LogP) is 5.64. The average molecular weight is 348 g/mol. The molecule has 0 saturated heterocycles. The molecule has 1 N–H and O–H groups in total. The van der Waals surface area contributed by atoms with Crippen LogP contribution < -0.4 is 10.1 Å². The smallest absolute Gasteiger partial charge is 0.124 e. The van der Waals surface area contributed by atoms with E-state index in [9.17, 15) is 0 Å². The van der Waals surface area contributed by atoms with Crippen LogP contribution in [0.25, 0.3) is 0 Å². The molecule has 2 rings (SSSR count). The maximum Gasteiger partial charge on any atom is 0.124 e. The van der Waals surface area contributed by atoms with Crippen molar-refractivity contribution < 1.29 is 4.74 Å². The molecule has 0 aromatic heterocycles. The Balaban J connectivity index is 2.36. The summed E-state index contributed by atoms with van der Waals surface area (Å²) >= 11 is 3.67. The van der Waals surface area contributed by atoms with Crippen LogP contribution in [-0.2, 0) is 0 Å². The number of halogens is 1. The van der Waals surface area contributed by atoms with Crippen molar-refractivity contribution >= 4 is 21.6 Å². The first-order valence-electron chi connectivity index (χ1n) is 7.23. The molecule has 0 spiro atoms. The summed E-state index contributed by atoms with van der Waals surface area (Å²) in [5, 5.41) is 3.66. The molecule has 0 amide bonds. The Morgan fingerprint density at radius 1 is 1.19 bits per heavy atom. The molecular weight excluding hydrogens is 326 g/mol. The van der Waals surface area contributed by atoms with Crippen molar-refractivity contribution in [1.82, 2.24) is 0 Å². The number of aryl methyl sites for hydroxylation is 2. The second-order valence-electron chi connectivity index (χ2n) is 5.29. The van der Waals surface area contributed by atoms with Crippen LogP contribution in [-0.4, -0.2) is 7.11 Å². The third-order valence-electron chi connectivity index (χ3n) is 3.67. The van der Waals surface area contributed by atoms with E-state index in [1.165, 1.54) is 16.7 Å².